The van der Waals surface area contributed by atoms with Gasteiger partial charge in [-0.1, -0.05) is 19.9 Å². The highest BCUT2D eigenvalue weighted by Gasteiger charge is 2.21. The molecule has 0 radical (unpaired) electrons. The van der Waals surface area contributed by atoms with E-state index >= 15 is 0 Å². The van der Waals surface area contributed by atoms with Gasteiger partial charge in [-0.25, -0.2) is 8.42 Å². The van der Waals surface area contributed by atoms with Crippen molar-refractivity contribution in [1.29, 1.82) is 0 Å². The van der Waals surface area contributed by atoms with Gasteiger partial charge in [0.2, 0.25) is 15.9 Å². The second-order valence-electron chi connectivity index (χ2n) is 6.27. The molecule has 9 nitrogen and oxygen atoms in total. The number of anilines is 2. The lowest BCUT2D eigenvalue weighted by molar-refractivity contribution is -0.384. The van der Waals surface area contributed by atoms with Crippen molar-refractivity contribution in [3.05, 3.63) is 58.1 Å². The van der Waals surface area contributed by atoms with E-state index in [2.05, 4.69) is 10.6 Å². The number of sulfonamides is 1. The molecule has 0 atom stereocenters. The smallest absolute Gasteiger partial charge is 0.271 e. The molecule has 0 heterocycles. The summed E-state index contributed by atoms with van der Waals surface area (Å²) >= 11 is 0. The fourth-order valence-corrected chi connectivity index (χ4v) is 4.18. The summed E-state index contributed by atoms with van der Waals surface area (Å²) in [5.41, 5.74) is 1.65. The van der Waals surface area contributed by atoms with Gasteiger partial charge in [-0.15, -0.1) is 0 Å². The summed E-state index contributed by atoms with van der Waals surface area (Å²) in [5, 5.41) is 16.4. The minimum atomic E-state index is -3.56. The van der Waals surface area contributed by atoms with Crippen LogP contribution in [0.25, 0.3) is 0 Å². The molecule has 0 unspecified atom stereocenters. The molecule has 0 saturated heterocycles. The van der Waals surface area contributed by atoms with Crippen LogP contribution in [0.15, 0.2) is 47.4 Å². The van der Waals surface area contributed by atoms with E-state index in [9.17, 15) is 23.3 Å². The van der Waals surface area contributed by atoms with Gasteiger partial charge >= 0.3 is 0 Å². The van der Waals surface area contributed by atoms with Crippen LogP contribution in [0.3, 0.4) is 0 Å². The number of carbonyl (C=O) groups is 1. The van der Waals surface area contributed by atoms with E-state index < -0.39 is 14.9 Å². The molecule has 0 bridgehead atoms. The Bertz CT molecular complexity index is 986. The third-order valence-electron chi connectivity index (χ3n) is 4.35. The maximum absolute atomic E-state index is 12.5. The average Bonchev–Trinajstić information content (AvgIpc) is 2.68. The molecule has 10 heteroatoms. The highest BCUT2D eigenvalue weighted by Crippen LogP contribution is 2.22. The summed E-state index contributed by atoms with van der Waals surface area (Å²) in [5.74, 6) is -0.366. The summed E-state index contributed by atoms with van der Waals surface area (Å²) < 4.78 is 26.3. The number of nitro groups is 1. The van der Waals surface area contributed by atoms with E-state index in [1.165, 1.54) is 40.7 Å². The molecule has 156 valence electrons. The van der Waals surface area contributed by atoms with Gasteiger partial charge in [0.15, 0.2) is 0 Å². The molecule has 0 fully saturated rings. The average molecular weight is 420 g/mol. The third-order valence-corrected chi connectivity index (χ3v) is 6.42. The fourth-order valence-electron chi connectivity index (χ4n) is 2.72. The number of nitro benzene ring substituents is 1. The summed E-state index contributed by atoms with van der Waals surface area (Å²) in [6, 6.07) is 10.3. The molecule has 0 aliphatic heterocycles. The zero-order valence-electron chi connectivity index (χ0n) is 16.5. The number of rotatable bonds is 9. The minimum absolute atomic E-state index is 0.0662. The highest BCUT2D eigenvalue weighted by molar-refractivity contribution is 7.89. The zero-order chi connectivity index (χ0) is 21.6. The lowest BCUT2D eigenvalue weighted by Crippen LogP contribution is -2.30. The minimum Gasteiger partial charge on any atom is -0.376 e. The molecule has 2 rings (SSSR count). The van der Waals surface area contributed by atoms with Crippen molar-refractivity contribution in [2.24, 2.45) is 0 Å². The predicted octanol–water partition coefficient (Wildman–Crippen LogP) is 2.98. The molecule has 2 aromatic rings. The lowest BCUT2D eigenvalue weighted by Gasteiger charge is -2.18. The molecule has 2 N–H and O–H groups in total. The van der Waals surface area contributed by atoms with Crippen molar-refractivity contribution >= 4 is 33.0 Å². The first-order valence-electron chi connectivity index (χ1n) is 9.08. The molecule has 0 aromatic heterocycles. The monoisotopic (exact) mass is 420 g/mol. The molecular weight excluding hydrogens is 396 g/mol. The highest BCUT2D eigenvalue weighted by atomic mass is 32.2. The number of non-ortho nitro benzene ring substituents is 1. The van der Waals surface area contributed by atoms with Crippen LogP contribution in [0.4, 0.5) is 17.1 Å². The standard InChI is InChI=1S/C19H24N4O5S/c1-4-22(5-2)29(27,28)17-10-7-15(8-11-17)21-19(24)13-20-18-12-16(23(25)26)9-6-14(18)3/h6-12,20H,4-5,13H2,1-3H3,(H,21,24). The fraction of sp³-hybridized carbons (Fsp3) is 0.316. The number of amides is 1. The topological polar surface area (TPSA) is 122 Å². The maximum Gasteiger partial charge on any atom is 0.271 e. The van der Waals surface area contributed by atoms with Crippen molar-refractivity contribution in [2.75, 3.05) is 30.3 Å². The zero-order valence-corrected chi connectivity index (χ0v) is 17.3. The number of hydrogen-bond acceptors (Lipinski definition) is 6. The molecule has 29 heavy (non-hydrogen) atoms. The quantitative estimate of drug-likeness (QED) is 0.475. The van der Waals surface area contributed by atoms with Crippen molar-refractivity contribution in [3.63, 3.8) is 0 Å². The Hall–Kier alpha value is -2.98. The number of nitrogens with one attached hydrogen (secondary N) is 2. The number of nitrogens with zero attached hydrogens (tertiary/aromatic N) is 2. The lowest BCUT2D eigenvalue weighted by atomic mass is 10.2. The molecular formula is C19H24N4O5S. The first-order chi connectivity index (χ1) is 13.7. The second kappa shape index (κ2) is 9.48. The van der Waals surface area contributed by atoms with E-state index in [4.69, 9.17) is 0 Å². The summed E-state index contributed by atoms with van der Waals surface area (Å²) in [7, 11) is -3.56. The number of benzene rings is 2. The normalized spacial score (nSPS) is 11.3. The summed E-state index contributed by atoms with van der Waals surface area (Å²) in [6.45, 7) is 5.97. The number of carbonyl (C=O) groups excluding carboxylic acids is 1. The number of hydrogen-bond donors (Lipinski definition) is 2. The molecule has 0 aliphatic carbocycles. The van der Waals surface area contributed by atoms with Gasteiger partial charge in [-0.3, -0.25) is 14.9 Å². The Labute approximate surface area is 169 Å². The summed E-state index contributed by atoms with van der Waals surface area (Å²) in [6.07, 6.45) is 0. The van der Waals surface area contributed by atoms with Gasteiger partial charge in [-0.2, -0.15) is 4.31 Å². The van der Waals surface area contributed by atoms with Gasteiger partial charge in [-0.05, 0) is 36.8 Å². The molecule has 1 amide bonds. The van der Waals surface area contributed by atoms with Crippen molar-refractivity contribution in [3.8, 4) is 0 Å². The predicted molar refractivity (Wildman–Crippen MR) is 112 cm³/mol. The van der Waals surface area contributed by atoms with Crippen LogP contribution in [0, 0.1) is 17.0 Å². The largest absolute Gasteiger partial charge is 0.376 e. The molecule has 2 aromatic carbocycles. The van der Waals surface area contributed by atoms with E-state index in [1.807, 2.05) is 0 Å². The van der Waals surface area contributed by atoms with Crippen LogP contribution < -0.4 is 10.6 Å². The second-order valence-corrected chi connectivity index (χ2v) is 8.21. The van der Waals surface area contributed by atoms with E-state index in [1.54, 1.807) is 26.8 Å². The SMILES string of the molecule is CCN(CC)S(=O)(=O)c1ccc(NC(=O)CNc2cc([N+](=O)[O-])ccc2C)cc1. The van der Waals surface area contributed by atoms with Crippen molar-refractivity contribution in [1.82, 2.24) is 4.31 Å². The van der Waals surface area contributed by atoms with Crippen molar-refractivity contribution < 1.29 is 18.1 Å². The van der Waals surface area contributed by atoms with Gasteiger partial charge in [0.25, 0.3) is 5.69 Å². The first-order valence-corrected chi connectivity index (χ1v) is 10.5. The Balaban J connectivity index is 2.02. The van der Waals surface area contributed by atoms with E-state index in [0.29, 0.717) is 24.5 Å². The summed E-state index contributed by atoms with van der Waals surface area (Å²) in [4.78, 5) is 22.7. The molecule has 0 saturated carbocycles. The molecule has 0 spiro atoms. The van der Waals surface area contributed by atoms with Crippen LogP contribution in [-0.4, -0.2) is 43.2 Å². The molecule has 0 aliphatic rings. The Kier molecular flexibility index (Phi) is 7.29. The van der Waals surface area contributed by atoms with Gasteiger partial charge < -0.3 is 10.6 Å². The van der Waals surface area contributed by atoms with Gasteiger partial charge in [0.05, 0.1) is 16.4 Å². The Morgan fingerprint density at radius 1 is 1.10 bits per heavy atom. The van der Waals surface area contributed by atoms with Crippen LogP contribution in [0.5, 0.6) is 0 Å². The maximum atomic E-state index is 12.5. The van der Waals surface area contributed by atoms with Crippen molar-refractivity contribution in [2.45, 2.75) is 25.7 Å². The number of aryl methyl sites for hydroxylation is 1. The Morgan fingerprint density at radius 2 is 1.72 bits per heavy atom. The van der Waals surface area contributed by atoms with Crippen LogP contribution >= 0.6 is 0 Å². The van der Waals surface area contributed by atoms with Crippen LogP contribution in [0.2, 0.25) is 0 Å². The van der Waals surface area contributed by atoms with E-state index in [-0.39, 0.29) is 23.0 Å². The van der Waals surface area contributed by atoms with Gasteiger partial charge in [0.1, 0.15) is 0 Å². The third kappa shape index (κ3) is 5.52. The Morgan fingerprint density at radius 3 is 2.28 bits per heavy atom. The first kappa shape index (κ1) is 22.3. The van der Waals surface area contributed by atoms with Crippen LogP contribution in [0.1, 0.15) is 19.4 Å². The van der Waals surface area contributed by atoms with Gasteiger partial charge in [0, 0.05) is 36.6 Å². The van der Waals surface area contributed by atoms with Crippen LogP contribution in [-0.2, 0) is 14.8 Å². The van der Waals surface area contributed by atoms with E-state index in [0.717, 1.165) is 5.56 Å².